The van der Waals surface area contributed by atoms with Crippen LogP contribution in [0.2, 0.25) is 0 Å². The SMILES string of the molecule is COc1cc2nc(N3CCN(C(=O)c4ccc(I)cc4)CC3)cc(N)c2cc1OC. The van der Waals surface area contributed by atoms with E-state index < -0.39 is 0 Å². The average molecular weight is 518 g/mol. The fraction of sp³-hybridized carbons (Fsp3) is 0.273. The summed E-state index contributed by atoms with van der Waals surface area (Å²) >= 11 is 2.24. The van der Waals surface area contributed by atoms with E-state index in [2.05, 4.69) is 27.5 Å². The fourth-order valence-corrected chi connectivity index (χ4v) is 4.00. The molecule has 1 aliphatic rings. The Labute approximate surface area is 188 Å². The summed E-state index contributed by atoms with van der Waals surface area (Å²) in [7, 11) is 3.19. The largest absolute Gasteiger partial charge is 0.493 e. The van der Waals surface area contributed by atoms with Crippen LogP contribution in [0.25, 0.3) is 10.9 Å². The van der Waals surface area contributed by atoms with E-state index in [9.17, 15) is 4.79 Å². The number of methoxy groups -OCH3 is 2. The van der Waals surface area contributed by atoms with E-state index in [1.807, 2.05) is 47.4 Å². The lowest BCUT2D eigenvalue weighted by Crippen LogP contribution is -2.49. The molecule has 3 aromatic rings. The lowest BCUT2D eigenvalue weighted by atomic mass is 10.1. The van der Waals surface area contributed by atoms with Gasteiger partial charge in [-0.05, 0) is 52.9 Å². The van der Waals surface area contributed by atoms with Crippen LogP contribution in [0.15, 0.2) is 42.5 Å². The molecule has 156 valence electrons. The van der Waals surface area contributed by atoms with Gasteiger partial charge >= 0.3 is 0 Å². The van der Waals surface area contributed by atoms with Gasteiger partial charge in [-0.15, -0.1) is 0 Å². The smallest absolute Gasteiger partial charge is 0.253 e. The molecule has 30 heavy (non-hydrogen) atoms. The number of amides is 1. The van der Waals surface area contributed by atoms with Crippen molar-refractivity contribution in [3.05, 3.63) is 51.6 Å². The normalized spacial score (nSPS) is 14.1. The van der Waals surface area contributed by atoms with Crippen molar-refractivity contribution in [2.45, 2.75) is 0 Å². The van der Waals surface area contributed by atoms with Gasteiger partial charge < -0.3 is 25.0 Å². The second-order valence-electron chi connectivity index (χ2n) is 7.08. The number of ether oxygens (including phenoxy) is 2. The van der Waals surface area contributed by atoms with E-state index in [0.29, 0.717) is 43.4 Å². The quantitative estimate of drug-likeness (QED) is 0.534. The van der Waals surface area contributed by atoms with Crippen LogP contribution >= 0.6 is 22.6 Å². The molecule has 1 fully saturated rings. The molecule has 2 heterocycles. The summed E-state index contributed by atoms with van der Waals surface area (Å²) in [5.41, 5.74) is 8.42. The van der Waals surface area contributed by atoms with Crippen molar-refractivity contribution in [1.29, 1.82) is 0 Å². The zero-order chi connectivity index (χ0) is 21.3. The molecule has 0 spiro atoms. The molecular weight excluding hydrogens is 495 g/mol. The maximum Gasteiger partial charge on any atom is 0.253 e. The summed E-state index contributed by atoms with van der Waals surface area (Å²) in [6.45, 7) is 2.66. The fourth-order valence-electron chi connectivity index (χ4n) is 3.64. The Bertz CT molecular complexity index is 1080. The predicted octanol–water partition coefficient (Wildman–Crippen LogP) is 3.40. The molecule has 0 bridgehead atoms. The number of hydrogen-bond donors (Lipinski definition) is 1. The standard InChI is InChI=1S/C22H23IN4O3/c1-29-19-11-16-17(24)12-21(25-18(16)13-20(19)30-2)26-7-9-27(10-8-26)22(28)14-3-5-15(23)6-4-14/h3-6,11-13H,7-10H2,1-2H3,(H2,24,25). The topological polar surface area (TPSA) is 80.9 Å². The van der Waals surface area contributed by atoms with Gasteiger partial charge in [-0.25, -0.2) is 4.98 Å². The highest BCUT2D eigenvalue weighted by atomic mass is 127. The number of hydrogen-bond acceptors (Lipinski definition) is 6. The number of carbonyl (C=O) groups excluding carboxylic acids is 1. The molecule has 0 saturated carbocycles. The number of anilines is 2. The number of nitrogen functional groups attached to an aromatic ring is 1. The number of halogens is 1. The highest BCUT2D eigenvalue weighted by Gasteiger charge is 2.23. The zero-order valence-corrected chi connectivity index (χ0v) is 19.0. The second kappa shape index (κ2) is 8.55. The first kappa shape index (κ1) is 20.5. The van der Waals surface area contributed by atoms with Crippen LogP contribution in [-0.4, -0.2) is 56.2 Å². The number of fused-ring (bicyclic) bond motifs is 1. The third kappa shape index (κ3) is 3.96. The van der Waals surface area contributed by atoms with Crippen LogP contribution in [0.4, 0.5) is 11.5 Å². The summed E-state index contributed by atoms with van der Waals surface area (Å²) < 4.78 is 11.9. The molecule has 2 N–H and O–H groups in total. The van der Waals surface area contributed by atoms with Crippen LogP contribution in [0, 0.1) is 3.57 Å². The summed E-state index contributed by atoms with van der Waals surface area (Å²) in [6, 6.07) is 13.2. The number of carbonyl (C=O) groups is 1. The molecule has 1 saturated heterocycles. The lowest BCUT2D eigenvalue weighted by Gasteiger charge is -2.35. The summed E-state index contributed by atoms with van der Waals surface area (Å²) in [5, 5.41) is 0.823. The number of rotatable bonds is 4. The molecule has 0 unspecified atom stereocenters. The van der Waals surface area contributed by atoms with Crippen molar-refractivity contribution < 1.29 is 14.3 Å². The average Bonchev–Trinajstić information content (AvgIpc) is 2.78. The molecule has 0 atom stereocenters. The molecule has 7 nitrogen and oxygen atoms in total. The van der Waals surface area contributed by atoms with E-state index in [1.165, 1.54) is 0 Å². The van der Waals surface area contributed by atoms with Crippen LogP contribution < -0.4 is 20.1 Å². The van der Waals surface area contributed by atoms with Crippen molar-refractivity contribution in [2.24, 2.45) is 0 Å². The van der Waals surface area contributed by atoms with E-state index in [-0.39, 0.29) is 5.91 Å². The van der Waals surface area contributed by atoms with Crippen LogP contribution in [-0.2, 0) is 0 Å². The Hall–Kier alpha value is -2.75. The van der Waals surface area contributed by atoms with Gasteiger partial charge in [-0.2, -0.15) is 0 Å². The van der Waals surface area contributed by atoms with Gasteiger partial charge in [-0.1, -0.05) is 0 Å². The minimum Gasteiger partial charge on any atom is -0.493 e. The number of nitrogens with zero attached hydrogens (tertiary/aromatic N) is 3. The Balaban J connectivity index is 1.53. The van der Waals surface area contributed by atoms with E-state index in [1.54, 1.807) is 14.2 Å². The van der Waals surface area contributed by atoms with E-state index in [0.717, 1.165) is 25.9 Å². The predicted molar refractivity (Wildman–Crippen MR) is 127 cm³/mol. The van der Waals surface area contributed by atoms with Crippen LogP contribution in [0.1, 0.15) is 10.4 Å². The third-order valence-corrected chi connectivity index (χ3v) is 6.03. The van der Waals surface area contributed by atoms with Crippen molar-refractivity contribution in [1.82, 2.24) is 9.88 Å². The van der Waals surface area contributed by atoms with Crippen LogP contribution in [0.3, 0.4) is 0 Å². The maximum absolute atomic E-state index is 12.8. The molecule has 2 aromatic carbocycles. The number of benzene rings is 2. The minimum atomic E-state index is 0.0638. The third-order valence-electron chi connectivity index (χ3n) is 5.31. The first-order valence-corrected chi connectivity index (χ1v) is 10.7. The maximum atomic E-state index is 12.8. The van der Waals surface area contributed by atoms with Crippen molar-refractivity contribution in [2.75, 3.05) is 51.0 Å². The molecule has 8 heteroatoms. The van der Waals surface area contributed by atoms with Gasteiger partial charge in [0.1, 0.15) is 5.82 Å². The van der Waals surface area contributed by atoms with E-state index >= 15 is 0 Å². The first-order chi connectivity index (χ1) is 14.5. The van der Waals surface area contributed by atoms with Gasteiger partial charge in [0.2, 0.25) is 0 Å². The lowest BCUT2D eigenvalue weighted by molar-refractivity contribution is 0.0746. The van der Waals surface area contributed by atoms with Crippen LogP contribution in [0.5, 0.6) is 11.5 Å². The molecular formula is C22H23IN4O3. The molecule has 1 amide bonds. The number of pyridine rings is 1. The Kier molecular flexibility index (Phi) is 5.85. The van der Waals surface area contributed by atoms with Crippen molar-refractivity contribution >= 4 is 50.9 Å². The van der Waals surface area contributed by atoms with Gasteiger partial charge in [0.05, 0.1) is 19.7 Å². The molecule has 0 aliphatic carbocycles. The van der Waals surface area contributed by atoms with Gasteiger partial charge in [0.25, 0.3) is 5.91 Å². The Morgan fingerprint density at radius 3 is 2.27 bits per heavy atom. The highest BCUT2D eigenvalue weighted by molar-refractivity contribution is 14.1. The summed E-state index contributed by atoms with van der Waals surface area (Å²) in [6.07, 6.45) is 0. The summed E-state index contributed by atoms with van der Waals surface area (Å²) in [5.74, 6) is 2.10. The highest BCUT2D eigenvalue weighted by Crippen LogP contribution is 2.35. The first-order valence-electron chi connectivity index (χ1n) is 9.62. The monoisotopic (exact) mass is 518 g/mol. The molecule has 0 radical (unpaired) electrons. The molecule has 1 aromatic heterocycles. The Morgan fingerprint density at radius 2 is 1.63 bits per heavy atom. The minimum absolute atomic E-state index is 0.0638. The molecule has 1 aliphatic heterocycles. The Morgan fingerprint density at radius 1 is 1.00 bits per heavy atom. The van der Waals surface area contributed by atoms with Gasteiger partial charge in [0, 0.05) is 58.5 Å². The summed E-state index contributed by atoms with van der Waals surface area (Å²) in [4.78, 5) is 21.6. The van der Waals surface area contributed by atoms with Crippen molar-refractivity contribution in [3.8, 4) is 11.5 Å². The zero-order valence-electron chi connectivity index (χ0n) is 16.9. The number of piperazine rings is 1. The van der Waals surface area contributed by atoms with Gasteiger partial charge in [0.15, 0.2) is 11.5 Å². The van der Waals surface area contributed by atoms with Gasteiger partial charge in [-0.3, -0.25) is 4.79 Å². The second-order valence-corrected chi connectivity index (χ2v) is 8.33. The number of aromatic nitrogens is 1. The number of nitrogens with two attached hydrogens (primary N) is 1. The van der Waals surface area contributed by atoms with E-state index in [4.69, 9.17) is 20.2 Å². The molecule has 4 rings (SSSR count). The van der Waals surface area contributed by atoms with Crippen molar-refractivity contribution in [3.63, 3.8) is 0 Å².